The number of allylic oxidation sites excluding steroid dienone is 1. The largest absolute Gasteiger partial charge is 0.497 e. The van der Waals surface area contributed by atoms with E-state index in [1.807, 2.05) is 24.3 Å². The van der Waals surface area contributed by atoms with Gasteiger partial charge in [-0.2, -0.15) is 0 Å². The molecule has 0 aliphatic rings. The molecular weight excluding hydrogens is 276 g/mol. The van der Waals surface area contributed by atoms with E-state index >= 15 is 0 Å². The monoisotopic (exact) mass is 292 g/mol. The van der Waals surface area contributed by atoms with Gasteiger partial charge in [0.15, 0.2) is 5.78 Å². The fourth-order valence-corrected chi connectivity index (χ4v) is 1.89. The highest BCUT2D eigenvalue weighted by atomic mass is 16.5. The molecule has 0 aromatic heterocycles. The Morgan fingerprint density at radius 3 is 2.59 bits per heavy atom. The number of methoxy groups -OCH3 is 1. The van der Waals surface area contributed by atoms with Gasteiger partial charge < -0.3 is 9.47 Å². The van der Waals surface area contributed by atoms with Gasteiger partial charge in [0.2, 0.25) is 0 Å². The molecule has 110 valence electrons. The lowest BCUT2D eigenvalue weighted by Gasteiger charge is -2.05. The second-order valence-electron chi connectivity index (χ2n) is 4.46. The van der Waals surface area contributed by atoms with Crippen molar-refractivity contribution >= 4 is 11.9 Å². The standard InChI is InChI=1S/C19H16O3/c1-3-14-22-19-7-5-4-6-16(19)10-13-18(20)15-8-11-17(21-2)12-9-15/h1,4-13H,14H2,2H3/b13-10+. The molecule has 0 unspecified atom stereocenters. The lowest BCUT2D eigenvalue weighted by molar-refractivity contribution is 0.104. The van der Waals surface area contributed by atoms with E-state index in [1.54, 1.807) is 37.5 Å². The quantitative estimate of drug-likeness (QED) is 0.463. The number of rotatable bonds is 6. The Morgan fingerprint density at radius 1 is 1.18 bits per heavy atom. The molecule has 0 saturated carbocycles. The molecule has 0 bridgehead atoms. The minimum Gasteiger partial charge on any atom is -0.497 e. The topological polar surface area (TPSA) is 35.5 Å². The van der Waals surface area contributed by atoms with Crippen LogP contribution in [-0.2, 0) is 0 Å². The van der Waals surface area contributed by atoms with E-state index in [0.29, 0.717) is 17.1 Å². The number of ketones is 1. The molecule has 2 aromatic rings. The summed E-state index contributed by atoms with van der Waals surface area (Å²) in [6.07, 6.45) is 8.43. The second-order valence-corrected chi connectivity index (χ2v) is 4.46. The van der Waals surface area contributed by atoms with Crippen molar-refractivity contribution < 1.29 is 14.3 Å². The van der Waals surface area contributed by atoms with Crippen LogP contribution >= 0.6 is 0 Å². The smallest absolute Gasteiger partial charge is 0.185 e. The highest BCUT2D eigenvalue weighted by molar-refractivity contribution is 6.07. The van der Waals surface area contributed by atoms with Crippen LogP contribution in [0.15, 0.2) is 54.6 Å². The van der Waals surface area contributed by atoms with Gasteiger partial charge in [0.05, 0.1) is 7.11 Å². The summed E-state index contributed by atoms with van der Waals surface area (Å²) in [5.74, 6) is 3.70. The number of carbonyl (C=O) groups is 1. The van der Waals surface area contributed by atoms with Gasteiger partial charge in [-0.25, -0.2) is 0 Å². The van der Waals surface area contributed by atoms with Crippen molar-refractivity contribution in [1.29, 1.82) is 0 Å². The van der Waals surface area contributed by atoms with Crippen LogP contribution in [0.2, 0.25) is 0 Å². The first-order chi connectivity index (χ1) is 10.7. The number of hydrogen-bond donors (Lipinski definition) is 0. The predicted molar refractivity (Wildman–Crippen MR) is 87.1 cm³/mol. The lowest BCUT2D eigenvalue weighted by Crippen LogP contribution is -1.96. The summed E-state index contributed by atoms with van der Waals surface area (Å²) in [6.45, 7) is 0.192. The molecule has 0 aliphatic carbocycles. The van der Waals surface area contributed by atoms with Gasteiger partial charge in [0, 0.05) is 11.1 Å². The Kier molecular flexibility index (Phi) is 5.39. The van der Waals surface area contributed by atoms with Crippen molar-refractivity contribution in [3.63, 3.8) is 0 Å². The average molecular weight is 292 g/mol. The third kappa shape index (κ3) is 4.00. The first-order valence-electron chi connectivity index (χ1n) is 6.76. The summed E-state index contributed by atoms with van der Waals surface area (Å²) in [4.78, 5) is 12.1. The van der Waals surface area contributed by atoms with Gasteiger partial charge in [-0.3, -0.25) is 4.79 Å². The highest BCUT2D eigenvalue weighted by Crippen LogP contribution is 2.20. The molecule has 2 rings (SSSR count). The van der Waals surface area contributed by atoms with Crippen LogP contribution in [0.5, 0.6) is 11.5 Å². The van der Waals surface area contributed by atoms with Gasteiger partial charge in [-0.1, -0.05) is 24.1 Å². The normalized spacial score (nSPS) is 10.2. The number of ether oxygens (including phenoxy) is 2. The molecule has 0 heterocycles. The van der Waals surface area contributed by atoms with Crippen LogP contribution in [-0.4, -0.2) is 19.5 Å². The van der Waals surface area contributed by atoms with Crippen molar-refractivity contribution in [3.05, 3.63) is 65.7 Å². The van der Waals surface area contributed by atoms with Crippen LogP contribution < -0.4 is 9.47 Å². The molecule has 0 atom stereocenters. The van der Waals surface area contributed by atoms with Crippen molar-refractivity contribution in [1.82, 2.24) is 0 Å². The van der Waals surface area contributed by atoms with Crippen molar-refractivity contribution in [2.45, 2.75) is 0 Å². The summed E-state index contributed by atoms with van der Waals surface area (Å²) in [7, 11) is 1.59. The maximum atomic E-state index is 12.1. The third-order valence-corrected chi connectivity index (χ3v) is 3.02. The van der Waals surface area contributed by atoms with Crippen LogP contribution in [0, 0.1) is 12.3 Å². The molecule has 0 amide bonds. The minimum atomic E-state index is -0.0885. The van der Waals surface area contributed by atoms with E-state index in [9.17, 15) is 4.79 Å². The molecule has 0 saturated heterocycles. The van der Waals surface area contributed by atoms with Gasteiger partial charge in [-0.05, 0) is 42.5 Å². The fourth-order valence-electron chi connectivity index (χ4n) is 1.89. The minimum absolute atomic E-state index is 0.0885. The van der Waals surface area contributed by atoms with E-state index in [1.165, 1.54) is 6.08 Å². The number of benzene rings is 2. The Bertz CT molecular complexity index is 706. The Labute approximate surface area is 130 Å². The van der Waals surface area contributed by atoms with Crippen molar-refractivity contribution in [2.24, 2.45) is 0 Å². The van der Waals surface area contributed by atoms with E-state index in [2.05, 4.69) is 5.92 Å². The molecule has 0 fully saturated rings. The highest BCUT2D eigenvalue weighted by Gasteiger charge is 2.03. The van der Waals surface area contributed by atoms with Crippen molar-refractivity contribution in [2.75, 3.05) is 13.7 Å². The van der Waals surface area contributed by atoms with Crippen LogP contribution in [0.4, 0.5) is 0 Å². The van der Waals surface area contributed by atoms with Crippen LogP contribution in [0.25, 0.3) is 6.08 Å². The zero-order chi connectivity index (χ0) is 15.8. The molecular formula is C19H16O3. The summed E-state index contributed by atoms with van der Waals surface area (Å²) in [5.41, 5.74) is 1.40. The van der Waals surface area contributed by atoms with E-state index in [-0.39, 0.29) is 12.4 Å². The van der Waals surface area contributed by atoms with Crippen LogP contribution in [0.1, 0.15) is 15.9 Å². The SMILES string of the molecule is C#CCOc1ccccc1/C=C/C(=O)c1ccc(OC)cc1. The van der Waals surface area contributed by atoms with E-state index in [0.717, 1.165) is 5.56 Å². The maximum absolute atomic E-state index is 12.1. The number of carbonyl (C=O) groups excluding carboxylic acids is 1. The third-order valence-electron chi connectivity index (χ3n) is 3.02. The fraction of sp³-hybridized carbons (Fsp3) is 0.105. The molecule has 0 aliphatic heterocycles. The summed E-state index contributed by atoms with van der Waals surface area (Å²) >= 11 is 0. The summed E-state index contributed by atoms with van der Waals surface area (Å²) in [6, 6.07) is 14.4. The Hall–Kier alpha value is -2.99. The second kappa shape index (κ2) is 7.70. The first kappa shape index (κ1) is 15.4. The van der Waals surface area contributed by atoms with Gasteiger partial charge in [0.1, 0.15) is 18.1 Å². The molecule has 0 radical (unpaired) electrons. The van der Waals surface area contributed by atoms with Gasteiger partial charge >= 0.3 is 0 Å². The zero-order valence-corrected chi connectivity index (χ0v) is 12.3. The average Bonchev–Trinajstić information content (AvgIpc) is 2.58. The van der Waals surface area contributed by atoms with Crippen LogP contribution in [0.3, 0.4) is 0 Å². The maximum Gasteiger partial charge on any atom is 0.185 e. The zero-order valence-electron chi connectivity index (χ0n) is 12.3. The Morgan fingerprint density at radius 2 is 1.91 bits per heavy atom. The predicted octanol–water partition coefficient (Wildman–Crippen LogP) is 3.60. The summed E-state index contributed by atoms with van der Waals surface area (Å²) in [5, 5.41) is 0. The summed E-state index contributed by atoms with van der Waals surface area (Å²) < 4.78 is 10.5. The number of para-hydroxylation sites is 1. The molecule has 3 nitrogen and oxygen atoms in total. The molecule has 0 spiro atoms. The molecule has 0 N–H and O–H groups in total. The van der Waals surface area contributed by atoms with E-state index in [4.69, 9.17) is 15.9 Å². The molecule has 2 aromatic carbocycles. The van der Waals surface area contributed by atoms with Crippen molar-refractivity contribution in [3.8, 4) is 23.8 Å². The molecule has 22 heavy (non-hydrogen) atoms. The molecule has 3 heteroatoms. The lowest BCUT2D eigenvalue weighted by atomic mass is 10.1. The van der Waals surface area contributed by atoms with E-state index < -0.39 is 0 Å². The van der Waals surface area contributed by atoms with Gasteiger partial charge in [0.25, 0.3) is 0 Å². The Balaban J connectivity index is 2.13. The number of hydrogen-bond acceptors (Lipinski definition) is 3. The number of terminal acetylenes is 1. The van der Waals surface area contributed by atoms with Gasteiger partial charge in [-0.15, -0.1) is 6.42 Å². The first-order valence-corrected chi connectivity index (χ1v) is 6.76.